The summed E-state index contributed by atoms with van der Waals surface area (Å²) < 4.78 is 0. The van der Waals surface area contributed by atoms with Gasteiger partial charge in [0.05, 0.1) is 6.54 Å². The van der Waals surface area contributed by atoms with E-state index in [2.05, 4.69) is 5.32 Å². The molecule has 1 heterocycles. The molecule has 0 aromatic heterocycles. The molecule has 1 aliphatic rings. The third-order valence-corrected chi connectivity index (χ3v) is 3.41. The number of amides is 2. The Hall–Kier alpha value is -1.10. The summed E-state index contributed by atoms with van der Waals surface area (Å²) in [5.74, 6) is -0.0782. The van der Waals surface area contributed by atoms with E-state index in [1.807, 2.05) is 11.8 Å². The molecular weight excluding hydrogens is 230 g/mol. The van der Waals surface area contributed by atoms with Crippen LogP contribution >= 0.6 is 0 Å². The number of nitrogens with one attached hydrogen (secondary N) is 1. The number of nitrogens with two attached hydrogens (primary N) is 1. The van der Waals surface area contributed by atoms with Crippen LogP contribution in [0.3, 0.4) is 0 Å². The van der Waals surface area contributed by atoms with Crippen LogP contribution in [0, 0.1) is 5.92 Å². The second-order valence-corrected chi connectivity index (χ2v) is 4.99. The van der Waals surface area contributed by atoms with Crippen molar-refractivity contribution in [1.82, 2.24) is 10.2 Å². The summed E-state index contributed by atoms with van der Waals surface area (Å²) >= 11 is 0. The number of likely N-dealkylation sites (tertiary alicyclic amines) is 1. The van der Waals surface area contributed by atoms with E-state index in [0.29, 0.717) is 6.54 Å². The zero-order valence-electron chi connectivity index (χ0n) is 11.3. The van der Waals surface area contributed by atoms with Gasteiger partial charge in [-0.1, -0.05) is 6.92 Å². The lowest BCUT2D eigenvalue weighted by molar-refractivity contribution is -0.134. The van der Waals surface area contributed by atoms with Gasteiger partial charge in [-0.05, 0) is 38.6 Å². The van der Waals surface area contributed by atoms with E-state index in [0.717, 1.165) is 38.8 Å². The molecule has 2 amide bonds. The summed E-state index contributed by atoms with van der Waals surface area (Å²) in [7, 11) is 0. The second kappa shape index (κ2) is 8.08. The summed E-state index contributed by atoms with van der Waals surface area (Å²) in [4.78, 5) is 25.4. The van der Waals surface area contributed by atoms with Gasteiger partial charge in [-0.3, -0.25) is 9.59 Å². The average Bonchev–Trinajstić information content (AvgIpc) is 2.42. The van der Waals surface area contributed by atoms with Crippen molar-refractivity contribution in [3.63, 3.8) is 0 Å². The Morgan fingerprint density at radius 3 is 2.56 bits per heavy atom. The highest BCUT2D eigenvalue weighted by Crippen LogP contribution is 2.08. The first-order valence-corrected chi connectivity index (χ1v) is 6.90. The van der Waals surface area contributed by atoms with E-state index < -0.39 is 0 Å². The molecule has 0 bridgehead atoms. The zero-order chi connectivity index (χ0) is 13.4. The van der Waals surface area contributed by atoms with Crippen molar-refractivity contribution in [2.24, 2.45) is 11.7 Å². The van der Waals surface area contributed by atoms with Gasteiger partial charge in [-0.15, -0.1) is 0 Å². The maximum Gasteiger partial charge on any atom is 0.241 e. The van der Waals surface area contributed by atoms with Crippen LogP contribution in [-0.2, 0) is 9.59 Å². The van der Waals surface area contributed by atoms with Crippen molar-refractivity contribution in [2.45, 2.75) is 39.0 Å². The summed E-state index contributed by atoms with van der Waals surface area (Å²) in [6.45, 7) is 4.27. The highest BCUT2D eigenvalue weighted by Gasteiger charge is 2.18. The SMILES string of the molecule is CC(CCCN)C(=O)NCC(=O)N1CCCCC1. The third kappa shape index (κ3) is 5.04. The summed E-state index contributed by atoms with van der Waals surface area (Å²) in [6, 6.07) is 0. The summed E-state index contributed by atoms with van der Waals surface area (Å²) in [5, 5.41) is 2.72. The zero-order valence-corrected chi connectivity index (χ0v) is 11.3. The lowest BCUT2D eigenvalue weighted by Crippen LogP contribution is -2.43. The number of rotatable bonds is 6. The van der Waals surface area contributed by atoms with Crippen LogP contribution in [0.15, 0.2) is 0 Å². The number of hydrogen-bond acceptors (Lipinski definition) is 3. The second-order valence-electron chi connectivity index (χ2n) is 4.99. The highest BCUT2D eigenvalue weighted by atomic mass is 16.2. The van der Waals surface area contributed by atoms with E-state index in [9.17, 15) is 9.59 Å². The number of carbonyl (C=O) groups is 2. The molecule has 1 aliphatic heterocycles. The molecule has 0 spiro atoms. The van der Waals surface area contributed by atoms with E-state index in [1.165, 1.54) is 6.42 Å². The molecule has 5 nitrogen and oxygen atoms in total. The maximum absolute atomic E-state index is 11.8. The number of carbonyl (C=O) groups excluding carboxylic acids is 2. The fourth-order valence-corrected chi connectivity index (χ4v) is 2.15. The van der Waals surface area contributed by atoms with Gasteiger partial charge in [0.25, 0.3) is 0 Å². The van der Waals surface area contributed by atoms with Crippen molar-refractivity contribution >= 4 is 11.8 Å². The van der Waals surface area contributed by atoms with Crippen LogP contribution in [0.2, 0.25) is 0 Å². The van der Waals surface area contributed by atoms with Crippen LogP contribution in [0.5, 0.6) is 0 Å². The van der Waals surface area contributed by atoms with Crippen molar-refractivity contribution in [3.8, 4) is 0 Å². The summed E-state index contributed by atoms with van der Waals surface area (Å²) in [6.07, 6.45) is 4.97. The molecule has 104 valence electrons. The van der Waals surface area contributed by atoms with Crippen LogP contribution in [0.4, 0.5) is 0 Å². The molecule has 1 fully saturated rings. The number of hydrogen-bond donors (Lipinski definition) is 2. The molecule has 1 atom stereocenters. The molecule has 0 saturated carbocycles. The first-order chi connectivity index (χ1) is 8.65. The fraction of sp³-hybridized carbons (Fsp3) is 0.846. The summed E-state index contributed by atoms with van der Waals surface area (Å²) in [5.41, 5.74) is 5.40. The standard InChI is InChI=1S/C13H25N3O2/c1-11(6-5-7-14)13(18)15-10-12(17)16-8-3-2-4-9-16/h11H,2-10,14H2,1H3,(H,15,18). The van der Waals surface area contributed by atoms with Crippen molar-refractivity contribution in [1.29, 1.82) is 0 Å². The van der Waals surface area contributed by atoms with Gasteiger partial charge >= 0.3 is 0 Å². The smallest absolute Gasteiger partial charge is 0.241 e. The molecule has 0 aromatic rings. The molecule has 1 rings (SSSR count). The van der Waals surface area contributed by atoms with Gasteiger partial charge in [0.2, 0.25) is 11.8 Å². The van der Waals surface area contributed by atoms with E-state index in [4.69, 9.17) is 5.73 Å². The predicted octanol–water partition coefficient (Wildman–Crippen LogP) is 0.490. The lowest BCUT2D eigenvalue weighted by atomic mass is 10.1. The van der Waals surface area contributed by atoms with Gasteiger partial charge in [0.1, 0.15) is 0 Å². The fourth-order valence-electron chi connectivity index (χ4n) is 2.15. The minimum Gasteiger partial charge on any atom is -0.347 e. The Morgan fingerprint density at radius 2 is 1.94 bits per heavy atom. The normalized spacial score (nSPS) is 17.3. The van der Waals surface area contributed by atoms with Gasteiger partial charge in [-0.25, -0.2) is 0 Å². The Labute approximate surface area is 109 Å². The van der Waals surface area contributed by atoms with Gasteiger partial charge in [0.15, 0.2) is 0 Å². The molecule has 5 heteroatoms. The minimum absolute atomic E-state index is 0.0362. The van der Waals surface area contributed by atoms with Gasteiger partial charge in [0, 0.05) is 19.0 Å². The molecule has 1 unspecified atom stereocenters. The molecular formula is C13H25N3O2. The molecule has 3 N–H and O–H groups in total. The third-order valence-electron chi connectivity index (χ3n) is 3.41. The van der Waals surface area contributed by atoms with E-state index in [-0.39, 0.29) is 24.3 Å². The van der Waals surface area contributed by atoms with Crippen LogP contribution < -0.4 is 11.1 Å². The first-order valence-electron chi connectivity index (χ1n) is 6.90. The Kier molecular flexibility index (Phi) is 6.72. The molecule has 1 saturated heterocycles. The van der Waals surface area contributed by atoms with Gasteiger partial charge < -0.3 is 16.0 Å². The Balaban J connectivity index is 2.22. The van der Waals surface area contributed by atoms with E-state index >= 15 is 0 Å². The number of nitrogens with zero attached hydrogens (tertiary/aromatic N) is 1. The lowest BCUT2D eigenvalue weighted by Gasteiger charge is -2.27. The molecule has 18 heavy (non-hydrogen) atoms. The Morgan fingerprint density at radius 1 is 1.28 bits per heavy atom. The maximum atomic E-state index is 11.8. The number of piperidine rings is 1. The first kappa shape index (κ1) is 15.0. The van der Waals surface area contributed by atoms with Crippen LogP contribution in [0.1, 0.15) is 39.0 Å². The largest absolute Gasteiger partial charge is 0.347 e. The average molecular weight is 255 g/mol. The van der Waals surface area contributed by atoms with Crippen molar-refractivity contribution < 1.29 is 9.59 Å². The Bertz CT molecular complexity index is 275. The predicted molar refractivity (Wildman–Crippen MR) is 70.9 cm³/mol. The monoisotopic (exact) mass is 255 g/mol. The van der Waals surface area contributed by atoms with Crippen molar-refractivity contribution in [3.05, 3.63) is 0 Å². The minimum atomic E-state index is -0.0669. The van der Waals surface area contributed by atoms with Crippen LogP contribution in [0.25, 0.3) is 0 Å². The highest BCUT2D eigenvalue weighted by molar-refractivity contribution is 5.85. The van der Waals surface area contributed by atoms with Gasteiger partial charge in [-0.2, -0.15) is 0 Å². The van der Waals surface area contributed by atoms with E-state index in [1.54, 1.807) is 0 Å². The molecule has 0 aromatic carbocycles. The van der Waals surface area contributed by atoms with Crippen LogP contribution in [-0.4, -0.2) is 42.9 Å². The van der Waals surface area contributed by atoms with Crippen molar-refractivity contribution in [2.75, 3.05) is 26.2 Å². The topological polar surface area (TPSA) is 75.4 Å². The molecule has 0 aliphatic carbocycles. The quantitative estimate of drug-likeness (QED) is 0.725. The molecule has 0 radical (unpaired) electrons.